The molecule has 0 aliphatic heterocycles. The third-order valence-electron chi connectivity index (χ3n) is 7.05. The van der Waals surface area contributed by atoms with Gasteiger partial charge >= 0.3 is 0 Å². The zero-order valence-electron chi connectivity index (χ0n) is 20.0. The van der Waals surface area contributed by atoms with Crippen molar-refractivity contribution in [2.24, 2.45) is 0 Å². The predicted octanol–water partition coefficient (Wildman–Crippen LogP) is 5.69. The first-order chi connectivity index (χ1) is 17.7. The van der Waals surface area contributed by atoms with Crippen molar-refractivity contribution in [1.29, 1.82) is 0 Å². The van der Waals surface area contributed by atoms with Gasteiger partial charge in [0, 0.05) is 12.0 Å². The third-order valence-corrected chi connectivity index (χ3v) is 9.82. The maximum atomic E-state index is 13.0. The Balaban J connectivity index is 1.73. The van der Waals surface area contributed by atoms with E-state index in [0.29, 0.717) is 6.42 Å². The van der Waals surface area contributed by atoms with Crippen molar-refractivity contribution in [2.45, 2.75) is 11.8 Å². The Morgan fingerprint density at radius 3 is 2.06 bits per heavy atom. The zero-order chi connectivity index (χ0) is 24.5. The van der Waals surface area contributed by atoms with Gasteiger partial charge in [-0.3, -0.25) is 0 Å². The molecular weight excluding hydrogens is 455 g/mol. The number of hydrogen-bond donors (Lipinski definition) is 1. The van der Waals surface area contributed by atoms with Gasteiger partial charge in [-0.15, -0.1) is 0 Å². The van der Waals surface area contributed by atoms with Crippen LogP contribution < -0.4 is 21.0 Å². The third kappa shape index (κ3) is 3.82. The number of fused-ring (bicyclic) bond motifs is 2. The van der Waals surface area contributed by atoms with E-state index in [4.69, 9.17) is 0 Å². The summed E-state index contributed by atoms with van der Waals surface area (Å²) in [6.45, 7) is 3.97. The molecule has 1 aliphatic carbocycles. The Labute approximate surface area is 213 Å². The maximum absolute atomic E-state index is 13.0. The number of hydrogen-bond acceptors (Lipinski definition) is 1. The van der Waals surface area contributed by atoms with Crippen LogP contribution in [0.15, 0.2) is 128 Å². The lowest BCUT2D eigenvalue weighted by atomic mass is 9.87. The quantitative estimate of drug-likeness (QED) is 0.319. The fraction of sp³-hybridized carbons (Fsp3) is 0.0588. The Kier molecular flexibility index (Phi) is 5.89. The minimum Gasteiger partial charge on any atom is -0.380 e. The number of aliphatic hydroxyl groups is 1. The molecule has 1 atom stereocenters. The Bertz CT molecular complexity index is 1640. The molecule has 0 fully saturated rings. The Hall–Kier alpha value is -3.77. The second-order valence-corrected chi connectivity index (χ2v) is 11.6. The molecule has 6 rings (SSSR count). The van der Waals surface area contributed by atoms with E-state index in [-0.39, 0.29) is 0 Å². The van der Waals surface area contributed by atoms with Crippen molar-refractivity contribution in [3.8, 4) is 0 Å². The molecule has 2 heteroatoms. The summed E-state index contributed by atoms with van der Waals surface area (Å²) in [5, 5.41) is 18.8. The highest BCUT2D eigenvalue weighted by Gasteiger charge is 2.43. The standard InChI is InChI=1S/C34H27OP/c1-2-25-20-21-31-27(24-25)22-23-34(35,33(31)32-19-11-13-26-12-9-10-18-30(26)32)36(28-14-5-3-6-15-28)29-16-7-4-8-17-29/h2-22,24,35H,1,23H2. The van der Waals surface area contributed by atoms with Crippen LogP contribution >= 0.6 is 7.92 Å². The van der Waals surface area contributed by atoms with Gasteiger partial charge in [0.25, 0.3) is 0 Å². The van der Waals surface area contributed by atoms with Crippen LogP contribution in [-0.4, -0.2) is 10.4 Å². The molecular formula is C34H27OP. The van der Waals surface area contributed by atoms with Crippen LogP contribution in [0, 0.1) is 0 Å². The van der Waals surface area contributed by atoms with E-state index in [1.54, 1.807) is 0 Å². The molecule has 0 saturated carbocycles. The van der Waals surface area contributed by atoms with Gasteiger partial charge in [0.1, 0.15) is 5.34 Å². The topological polar surface area (TPSA) is 20.2 Å². The molecule has 1 nitrogen and oxygen atoms in total. The van der Waals surface area contributed by atoms with E-state index in [0.717, 1.165) is 32.5 Å². The minimum atomic E-state index is -1.14. The molecule has 1 N–H and O–H groups in total. The largest absolute Gasteiger partial charge is 0.380 e. The smallest absolute Gasteiger partial charge is 0.121 e. The molecule has 0 amide bonds. The summed E-state index contributed by atoms with van der Waals surface area (Å²) in [7, 11) is -1.14. The van der Waals surface area contributed by atoms with Gasteiger partial charge in [0.15, 0.2) is 0 Å². The van der Waals surface area contributed by atoms with Gasteiger partial charge in [0.2, 0.25) is 0 Å². The molecule has 0 radical (unpaired) electrons. The molecule has 0 aromatic heterocycles. The molecule has 36 heavy (non-hydrogen) atoms. The van der Waals surface area contributed by atoms with Crippen molar-refractivity contribution < 1.29 is 5.11 Å². The zero-order valence-corrected chi connectivity index (χ0v) is 20.9. The Morgan fingerprint density at radius 2 is 1.36 bits per heavy atom. The molecule has 5 aromatic rings. The van der Waals surface area contributed by atoms with Gasteiger partial charge in [0.05, 0.1) is 0 Å². The molecule has 174 valence electrons. The van der Waals surface area contributed by atoms with Crippen LogP contribution in [0.25, 0.3) is 28.5 Å². The summed E-state index contributed by atoms with van der Waals surface area (Å²) in [6.07, 6.45) is 4.63. The molecule has 0 saturated heterocycles. The lowest BCUT2D eigenvalue weighted by Crippen LogP contribution is -2.45. The second-order valence-electron chi connectivity index (χ2n) is 9.18. The monoisotopic (exact) mass is 482 g/mol. The van der Waals surface area contributed by atoms with Gasteiger partial charge in [-0.2, -0.15) is 0 Å². The van der Waals surface area contributed by atoms with Gasteiger partial charge in [-0.1, -0.05) is 134 Å². The highest BCUT2D eigenvalue weighted by Crippen LogP contribution is 2.55. The summed E-state index contributed by atoms with van der Waals surface area (Å²) in [6, 6.07) is 42.4. The lowest BCUT2D eigenvalue weighted by Gasteiger charge is -2.41. The minimum absolute atomic E-state index is 0.536. The molecule has 0 heterocycles. The number of benzene rings is 5. The van der Waals surface area contributed by atoms with Crippen LogP contribution in [0.1, 0.15) is 17.5 Å². The summed E-state index contributed by atoms with van der Waals surface area (Å²) in [5.41, 5.74) is 3.18. The van der Waals surface area contributed by atoms with Crippen LogP contribution in [0.2, 0.25) is 0 Å². The van der Waals surface area contributed by atoms with Crippen LogP contribution in [-0.2, 0) is 0 Å². The molecule has 5 aromatic carbocycles. The summed E-state index contributed by atoms with van der Waals surface area (Å²) >= 11 is 0. The van der Waals surface area contributed by atoms with Crippen LogP contribution in [0.3, 0.4) is 0 Å². The van der Waals surface area contributed by atoms with E-state index < -0.39 is 13.3 Å². The fourth-order valence-corrected chi connectivity index (χ4v) is 8.24. The molecule has 0 bridgehead atoms. The Morgan fingerprint density at radius 1 is 0.722 bits per heavy atom. The van der Waals surface area contributed by atoms with Crippen molar-refractivity contribution in [2.75, 3.05) is 0 Å². The molecule has 0 spiro atoms. The van der Waals surface area contributed by atoms with Crippen molar-refractivity contribution in [3.05, 3.63) is 149 Å². The van der Waals surface area contributed by atoms with Gasteiger partial charge < -0.3 is 5.11 Å². The van der Waals surface area contributed by atoms with Crippen molar-refractivity contribution in [1.82, 2.24) is 0 Å². The second kappa shape index (κ2) is 9.36. The average molecular weight is 483 g/mol. The molecule has 1 aliphatic rings. The number of rotatable bonds is 5. The maximum Gasteiger partial charge on any atom is 0.121 e. The average Bonchev–Trinajstić information content (AvgIpc) is 2.94. The highest BCUT2D eigenvalue weighted by molar-refractivity contribution is 7.74. The van der Waals surface area contributed by atoms with E-state index in [2.05, 4.69) is 122 Å². The van der Waals surface area contributed by atoms with Crippen molar-refractivity contribution in [3.63, 3.8) is 0 Å². The van der Waals surface area contributed by atoms with E-state index in [9.17, 15) is 5.11 Å². The first-order valence-corrected chi connectivity index (χ1v) is 13.6. The van der Waals surface area contributed by atoms with Crippen LogP contribution in [0.4, 0.5) is 0 Å². The van der Waals surface area contributed by atoms with E-state index in [1.807, 2.05) is 18.2 Å². The highest BCUT2D eigenvalue weighted by atomic mass is 31.1. The predicted molar refractivity (Wildman–Crippen MR) is 155 cm³/mol. The van der Waals surface area contributed by atoms with Gasteiger partial charge in [-0.05, 0) is 56.9 Å². The first-order valence-electron chi connectivity index (χ1n) is 12.3. The van der Waals surface area contributed by atoms with Crippen molar-refractivity contribution >= 4 is 47.0 Å². The van der Waals surface area contributed by atoms with Crippen LogP contribution in [0.5, 0.6) is 0 Å². The fourth-order valence-electron chi connectivity index (χ4n) is 5.41. The van der Waals surface area contributed by atoms with Gasteiger partial charge in [-0.25, -0.2) is 0 Å². The van der Waals surface area contributed by atoms with E-state index >= 15 is 0 Å². The first kappa shape index (κ1) is 22.7. The molecule has 1 unspecified atom stereocenters. The summed E-state index contributed by atoms with van der Waals surface area (Å²) < 4.78 is 0. The normalized spacial score (nSPS) is 17.0. The summed E-state index contributed by atoms with van der Waals surface area (Å²) in [5.74, 6) is 0. The SMILES string of the molecule is C=Cc1ccc2c(c1)=CCC(O)(P(c1ccccc1)c1ccccc1)C=2c1cccc2ccccc12. The lowest BCUT2D eigenvalue weighted by molar-refractivity contribution is 0.198. The summed E-state index contributed by atoms with van der Waals surface area (Å²) in [4.78, 5) is 0. The van der Waals surface area contributed by atoms with E-state index in [1.165, 1.54) is 16.0 Å².